The van der Waals surface area contributed by atoms with Gasteiger partial charge in [-0.2, -0.15) is 0 Å². The minimum atomic E-state index is -0.243. The maximum absolute atomic E-state index is 12.4. The highest BCUT2D eigenvalue weighted by molar-refractivity contribution is 6.04. The highest BCUT2D eigenvalue weighted by Gasteiger charge is 2.23. The number of aryl methyl sites for hydroxylation is 2. The Morgan fingerprint density at radius 1 is 1.14 bits per heavy atom. The fourth-order valence-corrected chi connectivity index (χ4v) is 3.27. The summed E-state index contributed by atoms with van der Waals surface area (Å²) in [6.07, 6.45) is 3.08. The van der Waals surface area contributed by atoms with Gasteiger partial charge in [-0.15, -0.1) is 0 Å². The number of nitrogens with one attached hydrogen (secondary N) is 2. The molecular weight excluding hydrogens is 368 g/mol. The molecular formula is C22H28N4O3. The van der Waals surface area contributed by atoms with Crippen LogP contribution >= 0.6 is 0 Å². The van der Waals surface area contributed by atoms with Crippen molar-refractivity contribution < 1.29 is 14.3 Å². The number of anilines is 2. The summed E-state index contributed by atoms with van der Waals surface area (Å²) in [7, 11) is 0. The van der Waals surface area contributed by atoms with Crippen molar-refractivity contribution in [1.29, 1.82) is 0 Å². The van der Waals surface area contributed by atoms with Gasteiger partial charge in [-0.25, -0.2) is 9.78 Å². The minimum absolute atomic E-state index is 0.151. The number of hydrogen-bond acceptors (Lipinski definition) is 5. The number of likely N-dealkylation sites (tertiary alicyclic amines) is 1. The molecule has 1 aliphatic heterocycles. The van der Waals surface area contributed by atoms with Crippen LogP contribution in [-0.4, -0.2) is 47.6 Å². The number of carbonyl (C=O) groups excluding carboxylic acids is 2. The molecule has 0 spiro atoms. The first-order valence-electron chi connectivity index (χ1n) is 9.99. The van der Waals surface area contributed by atoms with Crippen LogP contribution in [0.25, 0.3) is 0 Å². The average Bonchev–Trinajstić information content (AvgIpc) is 2.72. The number of nitrogens with zero attached hydrogens (tertiary/aromatic N) is 2. The Morgan fingerprint density at radius 3 is 2.52 bits per heavy atom. The molecule has 1 aromatic carbocycles. The van der Waals surface area contributed by atoms with Crippen LogP contribution in [0.1, 0.15) is 41.3 Å². The molecule has 0 unspecified atom stereocenters. The van der Waals surface area contributed by atoms with Gasteiger partial charge >= 0.3 is 6.09 Å². The SMILES string of the molecule is CCOC(=O)N1CCC(Nc2ccc(NC(=O)c3ccc(C)c(C)c3)cn2)CC1. The molecule has 0 bridgehead atoms. The molecule has 1 saturated heterocycles. The summed E-state index contributed by atoms with van der Waals surface area (Å²) in [4.78, 5) is 30.3. The first-order chi connectivity index (χ1) is 14.0. The Kier molecular flexibility index (Phi) is 6.69. The number of ether oxygens (including phenoxy) is 1. The van der Waals surface area contributed by atoms with E-state index in [1.165, 1.54) is 0 Å². The third-order valence-electron chi connectivity index (χ3n) is 5.16. The highest BCUT2D eigenvalue weighted by atomic mass is 16.6. The van der Waals surface area contributed by atoms with Crippen LogP contribution in [0.4, 0.5) is 16.3 Å². The quantitative estimate of drug-likeness (QED) is 0.799. The molecule has 0 atom stereocenters. The zero-order chi connectivity index (χ0) is 20.8. The summed E-state index contributed by atoms with van der Waals surface area (Å²) in [5, 5.41) is 6.27. The van der Waals surface area contributed by atoms with Gasteiger partial charge in [0.15, 0.2) is 0 Å². The smallest absolute Gasteiger partial charge is 0.409 e. The molecule has 2 aromatic rings. The number of carbonyl (C=O) groups is 2. The fourth-order valence-electron chi connectivity index (χ4n) is 3.27. The zero-order valence-electron chi connectivity index (χ0n) is 17.2. The maximum Gasteiger partial charge on any atom is 0.409 e. The number of amides is 2. The molecule has 0 radical (unpaired) electrons. The molecule has 0 saturated carbocycles. The van der Waals surface area contributed by atoms with Gasteiger partial charge in [0.25, 0.3) is 5.91 Å². The number of pyridine rings is 1. The predicted molar refractivity (Wildman–Crippen MR) is 113 cm³/mol. The van der Waals surface area contributed by atoms with Crippen molar-refractivity contribution in [3.05, 3.63) is 53.2 Å². The topological polar surface area (TPSA) is 83.6 Å². The monoisotopic (exact) mass is 396 g/mol. The normalized spacial score (nSPS) is 14.4. The molecule has 2 heterocycles. The van der Waals surface area contributed by atoms with Crippen LogP contribution < -0.4 is 10.6 Å². The summed E-state index contributed by atoms with van der Waals surface area (Å²) in [6, 6.07) is 9.60. The second kappa shape index (κ2) is 9.41. The van der Waals surface area contributed by atoms with Crippen molar-refractivity contribution in [1.82, 2.24) is 9.88 Å². The standard InChI is InChI=1S/C22H28N4O3/c1-4-29-22(28)26-11-9-18(10-12-26)24-20-8-7-19(14-23-20)25-21(27)17-6-5-15(2)16(3)13-17/h5-8,13-14,18H,4,9-12H2,1-3H3,(H,23,24)(H,25,27). The largest absolute Gasteiger partial charge is 0.450 e. The van der Waals surface area contributed by atoms with Gasteiger partial charge in [0.2, 0.25) is 0 Å². The number of benzene rings is 1. The van der Waals surface area contributed by atoms with Gasteiger partial charge < -0.3 is 20.3 Å². The van der Waals surface area contributed by atoms with Crippen LogP contribution in [0.3, 0.4) is 0 Å². The van der Waals surface area contributed by atoms with E-state index in [0.29, 0.717) is 30.9 Å². The Labute approximate surface area is 171 Å². The Balaban J connectivity index is 1.51. The van der Waals surface area contributed by atoms with E-state index >= 15 is 0 Å². The third-order valence-corrected chi connectivity index (χ3v) is 5.16. The van der Waals surface area contributed by atoms with Crippen LogP contribution in [0, 0.1) is 13.8 Å². The molecule has 1 aliphatic rings. The maximum atomic E-state index is 12.4. The van der Waals surface area contributed by atoms with Crippen molar-refractivity contribution >= 4 is 23.5 Å². The van der Waals surface area contributed by atoms with Crippen molar-refractivity contribution in [2.75, 3.05) is 30.3 Å². The summed E-state index contributed by atoms with van der Waals surface area (Å²) in [5.74, 6) is 0.603. The van der Waals surface area contributed by atoms with Crippen molar-refractivity contribution in [3.8, 4) is 0 Å². The van der Waals surface area contributed by atoms with Gasteiger partial charge in [0, 0.05) is 24.7 Å². The van der Waals surface area contributed by atoms with Crippen molar-refractivity contribution in [2.45, 2.75) is 39.7 Å². The lowest BCUT2D eigenvalue weighted by molar-refractivity contribution is 0.0981. The van der Waals surface area contributed by atoms with Crippen LogP contribution in [0.2, 0.25) is 0 Å². The molecule has 7 nitrogen and oxygen atoms in total. The van der Waals surface area contributed by atoms with Crippen molar-refractivity contribution in [3.63, 3.8) is 0 Å². The van der Waals surface area contributed by atoms with Gasteiger partial charge in [-0.05, 0) is 69.0 Å². The van der Waals surface area contributed by atoms with Gasteiger partial charge in [0.1, 0.15) is 5.82 Å². The lowest BCUT2D eigenvalue weighted by Crippen LogP contribution is -2.42. The first-order valence-corrected chi connectivity index (χ1v) is 9.99. The highest BCUT2D eigenvalue weighted by Crippen LogP contribution is 2.18. The van der Waals surface area contributed by atoms with Crippen LogP contribution in [-0.2, 0) is 4.74 Å². The fraction of sp³-hybridized carbons (Fsp3) is 0.409. The Hall–Kier alpha value is -3.09. The molecule has 7 heteroatoms. The Morgan fingerprint density at radius 2 is 1.90 bits per heavy atom. The van der Waals surface area contributed by atoms with Gasteiger partial charge in [-0.3, -0.25) is 4.79 Å². The summed E-state index contributed by atoms with van der Waals surface area (Å²) < 4.78 is 5.04. The van der Waals surface area contributed by atoms with E-state index in [1.807, 2.05) is 51.1 Å². The second-order valence-corrected chi connectivity index (χ2v) is 7.29. The van der Waals surface area contributed by atoms with E-state index in [0.717, 1.165) is 29.8 Å². The molecule has 1 fully saturated rings. The summed E-state index contributed by atoms with van der Waals surface area (Å²) in [6.45, 7) is 7.55. The third kappa shape index (κ3) is 5.47. The number of hydrogen-bond donors (Lipinski definition) is 2. The lowest BCUT2D eigenvalue weighted by Gasteiger charge is -2.31. The molecule has 0 aliphatic carbocycles. The molecule has 2 N–H and O–H groups in total. The Bertz CT molecular complexity index is 859. The van der Waals surface area contributed by atoms with Gasteiger partial charge in [-0.1, -0.05) is 6.07 Å². The molecule has 3 rings (SSSR count). The van der Waals surface area contributed by atoms with E-state index in [4.69, 9.17) is 4.74 Å². The molecule has 1 aromatic heterocycles. The first kappa shape index (κ1) is 20.6. The second-order valence-electron chi connectivity index (χ2n) is 7.29. The van der Waals surface area contributed by atoms with Gasteiger partial charge in [0.05, 0.1) is 18.5 Å². The lowest BCUT2D eigenvalue weighted by atomic mass is 10.1. The minimum Gasteiger partial charge on any atom is -0.450 e. The van der Waals surface area contributed by atoms with E-state index in [1.54, 1.807) is 11.1 Å². The number of rotatable bonds is 5. The van der Waals surface area contributed by atoms with E-state index in [-0.39, 0.29) is 18.0 Å². The predicted octanol–water partition coefficient (Wildman–Crippen LogP) is 3.98. The molecule has 2 amide bonds. The molecule has 154 valence electrons. The summed E-state index contributed by atoms with van der Waals surface area (Å²) >= 11 is 0. The summed E-state index contributed by atoms with van der Waals surface area (Å²) in [5.41, 5.74) is 3.52. The van der Waals surface area contributed by atoms with E-state index < -0.39 is 0 Å². The van der Waals surface area contributed by atoms with E-state index in [9.17, 15) is 9.59 Å². The van der Waals surface area contributed by atoms with Crippen LogP contribution in [0.15, 0.2) is 36.5 Å². The number of aromatic nitrogens is 1. The number of piperidine rings is 1. The van der Waals surface area contributed by atoms with E-state index in [2.05, 4.69) is 15.6 Å². The average molecular weight is 396 g/mol. The van der Waals surface area contributed by atoms with Crippen LogP contribution in [0.5, 0.6) is 0 Å². The zero-order valence-corrected chi connectivity index (χ0v) is 17.2. The molecule has 29 heavy (non-hydrogen) atoms. The van der Waals surface area contributed by atoms with Crippen molar-refractivity contribution in [2.24, 2.45) is 0 Å².